The molecule has 1 aromatic rings. The Morgan fingerprint density at radius 3 is 2.46 bits per heavy atom. The van der Waals surface area contributed by atoms with Crippen LogP contribution in [0.2, 0.25) is 0 Å². The minimum atomic E-state index is -0.730. The number of hydrogen-bond acceptors (Lipinski definition) is 4. The van der Waals surface area contributed by atoms with Crippen molar-refractivity contribution in [2.24, 2.45) is 11.3 Å². The average Bonchev–Trinajstić information content (AvgIpc) is 3.21. The first kappa shape index (κ1) is 20.3. The maximum atomic E-state index is 12.4. The molecule has 2 aliphatic rings. The lowest BCUT2D eigenvalue weighted by atomic mass is 9.81. The molecule has 0 radical (unpaired) electrons. The first-order chi connectivity index (χ1) is 13.4. The lowest BCUT2D eigenvalue weighted by molar-refractivity contribution is -0.149. The van der Waals surface area contributed by atoms with Crippen LogP contribution in [0.5, 0.6) is 0 Å². The van der Waals surface area contributed by atoms with Gasteiger partial charge in [-0.05, 0) is 56.9 Å². The number of fused-ring (bicyclic) bond motifs is 1. The van der Waals surface area contributed by atoms with Gasteiger partial charge in [-0.25, -0.2) is 0 Å². The fourth-order valence-electron chi connectivity index (χ4n) is 4.66. The van der Waals surface area contributed by atoms with Crippen molar-refractivity contribution in [3.05, 3.63) is 29.8 Å². The maximum absolute atomic E-state index is 12.4. The van der Waals surface area contributed by atoms with Gasteiger partial charge in [-0.15, -0.1) is 0 Å². The summed E-state index contributed by atoms with van der Waals surface area (Å²) in [6.45, 7) is 6.49. The van der Waals surface area contributed by atoms with Crippen molar-refractivity contribution in [1.82, 2.24) is 9.80 Å². The van der Waals surface area contributed by atoms with Crippen LogP contribution in [0.4, 0.5) is 5.69 Å². The normalized spacial score (nSPS) is 24.0. The van der Waals surface area contributed by atoms with Gasteiger partial charge in [0.15, 0.2) is 0 Å². The summed E-state index contributed by atoms with van der Waals surface area (Å²) in [4.78, 5) is 40.2. The highest BCUT2D eigenvalue weighted by atomic mass is 16.4. The Labute approximate surface area is 165 Å². The number of carboxylic acids is 1. The van der Waals surface area contributed by atoms with Crippen LogP contribution < -0.4 is 5.32 Å². The fraction of sp³-hybridized carbons (Fsp3) is 0.571. The quantitative estimate of drug-likeness (QED) is 0.749. The van der Waals surface area contributed by atoms with E-state index in [0.717, 1.165) is 12.8 Å². The van der Waals surface area contributed by atoms with Crippen LogP contribution in [-0.4, -0.2) is 65.4 Å². The summed E-state index contributed by atoms with van der Waals surface area (Å²) in [5.41, 5.74) is 0.554. The van der Waals surface area contributed by atoms with Gasteiger partial charge in [0.25, 0.3) is 5.91 Å². The number of rotatable bonds is 7. The number of aliphatic carboxylic acids is 1. The molecule has 3 rings (SSSR count). The summed E-state index contributed by atoms with van der Waals surface area (Å²) in [5.74, 6) is -0.775. The monoisotopic (exact) mass is 387 g/mol. The number of amides is 2. The number of anilines is 1. The Morgan fingerprint density at radius 2 is 1.89 bits per heavy atom. The van der Waals surface area contributed by atoms with E-state index in [1.54, 1.807) is 29.2 Å². The summed E-state index contributed by atoms with van der Waals surface area (Å²) in [6.07, 6.45) is 2.58. The molecule has 28 heavy (non-hydrogen) atoms. The Bertz CT molecular complexity index is 745. The standard InChI is InChI=1S/C21H29N3O4/c1-3-24(4-2)19(26)15-7-9-17(10-8-15)22-18(25)13-23-12-16-6-5-11-21(16,14-23)20(27)28/h7-10,16H,3-6,11-14H2,1-2H3,(H,22,25)(H,27,28)/t16-,21+/m0/s1. The second-order valence-electron chi connectivity index (χ2n) is 7.82. The third kappa shape index (κ3) is 3.90. The molecule has 2 atom stereocenters. The number of carboxylic acid groups (broad SMARTS) is 1. The smallest absolute Gasteiger partial charge is 0.311 e. The van der Waals surface area contributed by atoms with Crippen molar-refractivity contribution in [3.8, 4) is 0 Å². The molecule has 152 valence electrons. The van der Waals surface area contributed by atoms with E-state index in [2.05, 4.69) is 5.32 Å². The fourth-order valence-corrected chi connectivity index (χ4v) is 4.66. The predicted octanol–water partition coefficient (Wildman–Crippen LogP) is 2.29. The Hall–Kier alpha value is -2.41. The summed E-state index contributed by atoms with van der Waals surface area (Å²) < 4.78 is 0. The van der Waals surface area contributed by atoms with E-state index in [1.807, 2.05) is 18.7 Å². The second-order valence-corrected chi connectivity index (χ2v) is 7.82. The van der Waals surface area contributed by atoms with Gasteiger partial charge in [-0.3, -0.25) is 19.3 Å². The first-order valence-electron chi connectivity index (χ1n) is 10.0. The molecular weight excluding hydrogens is 358 g/mol. The highest BCUT2D eigenvalue weighted by molar-refractivity contribution is 5.96. The molecule has 0 spiro atoms. The Morgan fingerprint density at radius 1 is 1.21 bits per heavy atom. The molecule has 1 aliphatic carbocycles. The first-order valence-corrected chi connectivity index (χ1v) is 10.0. The van der Waals surface area contributed by atoms with Crippen molar-refractivity contribution in [1.29, 1.82) is 0 Å². The van der Waals surface area contributed by atoms with Crippen LogP contribution >= 0.6 is 0 Å². The van der Waals surface area contributed by atoms with Crippen LogP contribution in [-0.2, 0) is 9.59 Å². The van der Waals surface area contributed by atoms with E-state index in [0.29, 0.717) is 43.9 Å². The van der Waals surface area contributed by atoms with Crippen LogP contribution in [0.3, 0.4) is 0 Å². The van der Waals surface area contributed by atoms with E-state index in [1.165, 1.54) is 0 Å². The molecule has 0 bridgehead atoms. The molecular formula is C21H29N3O4. The van der Waals surface area contributed by atoms with Crippen LogP contribution in [0.25, 0.3) is 0 Å². The molecule has 7 nitrogen and oxygen atoms in total. The highest BCUT2D eigenvalue weighted by Gasteiger charge is 2.54. The molecule has 0 unspecified atom stereocenters. The lowest BCUT2D eigenvalue weighted by Crippen LogP contribution is -2.37. The summed E-state index contributed by atoms with van der Waals surface area (Å²) in [7, 11) is 0. The zero-order chi connectivity index (χ0) is 20.3. The van der Waals surface area contributed by atoms with Crippen LogP contribution in [0.1, 0.15) is 43.5 Å². The van der Waals surface area contributed by atoms with Crippen molar-refractivity contribution >= 4 is 23.5 Å². The van der Waals surface area contributed by atoms with Gasteiger partial charge in [-0.2, -0.15) is 0 Å². The largest absolute Gasteiger partial charge is 0.481 e. The van der Waals surface area contributed by atoms with Crippen molar-refractivity contribution in [2.45, 2.75) is 33.1 Å². The van der Waals surface area contributed by atoms with Crippen LogP contribution in [0.15, 0.2) is 24.3 Å². The number of benzene rings is 1. The Kier molecular flexibility index (Phi) is 6.03. The van der Waals surface area contributed by atoms with Gasteiger partial charge in [-0.1, -0.05) is 6.42 Å². The third-order valence-corrected chi connectivity index (χ3v) is 6.20. The highest BCUT2D eigenvalue weighted by Crippen LogP contribution is 2.48. The summed E-state index contributed by atoms with van der Waals surface area (Å²) >= 11 is 0. The maximum Gasteiger partial charge on any atom is 0.311 e. The SMILES string of the molecule is CCN(CC)C(=O)c1ccc(NC(=O)CN2C[C@@H]3CCC[C@@]3(C(=O)O)C2)cc1. The summed E-state index contributed by atoms with van der Waals surface area (Å²) in [6, 6.07) is 6.89. The number of carbonyl (C=O) groups excluding carboxylic acids is 2. The molecule has 1 aromatic carbocycles. The molecule has 0 aromatic heterocycles. The van der Waals surface area contributed by atoms with Gasteiger partial charge in [0.1, 0.15) is 0 Å². The second kappa shape index (κ2) is 8.31. The van der Waals surface area contributed by atoms with Crippen molar-refractivity contribution in [2.75, 3.05) is 38.0 Å². The van der Waals surface area contributed by atoms with E-state index < -0.39 is 11.4 Å². The molecule has 2 fully saturated rings. The van der Waals surface area contributed by atoms with Gasteiger partial charge >= 0.3 is 5.97 Å². The van der Waals surface area contributed by atoms with Gasteiger partial charge in [0.05, 0.1) is 12.0 Å². The third-order valence-electron chi connectivity index (χ3n) is 6.20. The van der Waals surface area contributed by atoms with Gasteiger partial charge in [0, 0.05) is 37.4 Å². The van der Waals surface area contributed by atoms with Gasteiger partial charge < -0.3 is 15.3 Å². The number of nitrogens with zero attached hydrogens (tertiary/aromatic N) is 2. The van der Waals surface area contributed by atoms with Crippen LogP contribution in [0, 0.1) is 11.3 Å². The Balaban J connectivity index is 1.56. The topological polar surface area (TPSA) is 90.0 Å². The number of likely N-dealkylation sites (tertiary alicyclic amines) is 1. The van der Waals surface area contributed by atoms with Crippen molar-refractivity contribution < 1.29 is 19.5 Å². The zero-order valence-electron chi connectivity index (χ0n) is 16.6. The molecule has 2 amide bonds. The molecule has 1 saturated carbocycles. The van der Waals surface area contributed by atoms with Crippen molar-refractivity contribution in [3.63, 3.8) is 0 Å². The average molecular weight is 387 g/mol. The van der Waals surface area contributed by atoms with Gasteiger partial charge in [0.2, 0.25) is 5.91 Å². The molecule has 1 saturated heterocycles. The minimum Gasteiger partial charge on any atom is -0.481 e. The van der Waals surface area contributed by atoms with E-state index in [-0.39, 0.29) is 24.3 Å². The molecule has 7 heteroatoms. The molecule has 1 aliphatic heterocycles. The lowest BCUT2D eigenvalue weighted by Gasteiger charge is -2.23. The molecule has 1 heterocycles. The minimum absolute atomic E-state index is 0.0227. The predicted molar refractivity (Wildman–Crippen MR) is 106 cm³/mol. The van der Waals surface area contributed by atoms with E-state index >= 15 is 0 Å². The zero-order valence-corrected chi connectivity index (χ0v) is 16.6. The number of nitrogens with one attached hydrogen (secondary N) is 1. The van der Waals surface area contributed by atoms with E-state index in [4.69, 9.17) is 0 Å². The number of carbonyl (C=O) groups is 3. The molecule has 2 N–H and O–H groups in total. The summed E-state index contributed by atoms with van der Waals surface area (Å²) in [5, 5.41) is 12.5. The van der Waals surface area contributed by atoms with E-state index in [9.17, 15) is 19.5 Å². The number of hydrogen-bond donors (Lipinski definition) is 2.